The van der Waals surface area contributed by atoms with Crippen molar-refractivity contribution in [2.24, 2.45) is 0 Å². The Labute approximate surface area is 140 Å². The van der Waals surface area contributed by atoms with Gasteiger partial charge in [0, 0.05) is 11.1 Å². The van der Waals surface area contributed by atoms with E-state index in [0.29, 0.717) is 11.3 Å². The summed E-state index contributed by atoms with van der Waals surface area (Å²) in [4.78, 5) is 20.7. The summed E-state index contributed by atoms with van der Waals surface area (Å²) in [6, 6.07) is 15.7. The number of ether oxygens (including phenoxy) is 1. The number of aryl methyl sites for hydroxylation is 1. The maximum atomic E-state index is 12.0. The molecular weight excluding hydrogens is 302 g/mol. The molecular formula is C19H19N3O2. The van der Waals surface area contributed by atoms with E-state index in [1.807, 2.05) is 36.4 Å². The molecule has 24 heavy (non-hydrogen) atoms. The van der Waals surface area contributed by atoms with Crippen molar-refractivity contribution in [1.29, 1.82) is 0 Å². The van der Waals surface area contributed by atoms with E-state index in [-0.39, 0.29) is 12.4 Å². The van der Waals surface area contributed by atoms with Crippen LogP contribution in [0.2, 0.25) is 0 Å². The minimum Gasteiger partial charge on any atom is -0.460 e. The van der Waals surface area contributed by atoms with Gasteiger partial charge in [0.2, 0.25) is 5.82 Å². The lowest BCUT2D eigenvalue weighted by atomic mass is 10.1. The van der Waals surface area contributed by atoms with Crippen molar-refractivity contribution in [3.05, 3.63) is 59.9 Å². The summed E-state index contributed by atoms with van der Waals surface area (Å²) in [6.45, 7) is 4.16. The zero-order valence-electron chi connectivity index (χ0n) is 13.7. The number of aromatic nitrogens is 2. The minimum absolute atomic E-state index is 0.0585. The van der Waals surface area contributed by atoms with Crippen LogP contribution in [-0.4, -0.2) is 22.5 Å². The summed E-state index contributed by atoms with van der Waals surface area (Å²) < 4.78 is 5.02. The third-order valence-corrected chi connectivity index (χ3v) is 3.69. The zero-order valence-corrected chi connectivity index (χ0v) is 13.7. The quantitative estimate of drug-likeness (QED) is 0.716. The van der Waals surface area contributed by atoms with Gasteiger partial charge in [-0.2, -0.15) is 0 Å². The van der Waals surface area contributed by atoms with Crippen LogP contribution in [0, 0.1) is 0 Å². The van der Waals surface area contributed by atoms with E-state index in [9.17, 15) is 4.79 Å². The molecule has 0 fully saturated rings. The highest BCUT2D eigenvalue weighted by Crippen LogP contribution is 2.24. The fourth-order valence-corrected chi connectivity index (χ4v) is 2.42. The number of benzene rings is 2. The van der Waals surface area contributed by atoms with Crippen LogP contribution >= 0.6 is 0 Å². The molecule has 1 N–H and O–H groups in total. The van der Waals surface area contributed by atoms with Gasteiger partial charge in [-0.15, -0.1) is 0 Å². The summed E-state index contributed by atoms with van der Waals surface area (Å²) in [5.74, 6) is 0.128. The molecule has 0 saturated carbocycles. The summed E-state index contributed by atoms with van der Waals surface area (Å²) in [5.41, 5.74) is 2.87. The van der Waals surface area contributed by atoms with Crippen LogP contribution in [-0.2, 0) is 11.2 Å². The molecule has 1 aromatic heterocycles. The van der Waals surface area contributed by atoms with Gasteiger partial charge in [0.15, 0.2) is 0 Å². The second kappa shape index (κ2) is 7.08. The number of carbonyl (C=O) groups excluding carboxylic acids is 1. The third kappa shape index (κ3) is 3.35. The predicted octanol–water partition coefficient (Wildman–Crippen LogP) is 4.11. The molecule has 5 nitrogen and oxygen atoms in total. The Hall–Kier alpha value is -2.95. The van der Waals surface area contributed by atoms with Gasteiger partial charge in [-0.05, 0) is 43.2 Å². The fourth-order valence-electron chi connectivity index (χ4n) is 2.42. The maximum absolute atomic E-state index is 12.0. The van der Waals surface area contributed by atoms with Gasteiger partial charge in [0.05, 0.1) is 12.1 Å². The SMILES string of the molecule is CCOC(=O)c1nc(Nc2ccc(CC)cc2)c2ccccc2n1. The van der Waals surface area contributed by atoms with E-state index in [1.165, 1.54) is 5.56 Å². The molecule has 122 valence electrons. The molecule has 0 unspecified atom stereocenters. The van der Waals surface area contributed by atoms with Crippen molar-refractivity contribution in [2.45, 2.75) is 20.3 Å². The van der Waals surface area contributed by atoms with Gasteiger partial charge in [-0.1, -0.05) is 31.2 Å². The van der Waals surface area contributed by atoms with Crippen LogP contribution in [0.5, 0.6) is 0 Å². The first-order valence-corrected chi connectivity index (χ1v) is 8.01. The van der Waals surface area contributed by atoms with Crippen molar-refractivity contribution >= 4 is 28.4 Å². The van der Waals surface area contributed by atoms with Crippen LogP contribution in [0.1, 0.15) is 30.0 Å². The van der Waals surface area contributed by atoms with Crippen LogP contribution in [0.4, 0.5) is 11.5 Å². The average Bonchev–Trinajstić information content (AvgIpc) is 2.62. The Morgan fingerprint density at radius 3 is 2.50 bits per heavy atom. The van der Waals surface area contributed by atoms with Gasteiger partial charge in [-0.25, -0.2) is 14.8 Å². The molecule has 0 atom stereocenters. The highest BCUT2D eigenvalue weighted by Gasteiger charge is 2.15. The second-order valence-corrected chi connectivity index (χ2v) is 5.31. The summed E-state index contributed by atoms with van der Waals surface area (Å²) >= 11 is 0. The molecule has 5 heteroatoms. The molecule has 0 aliphatic rings. The molecule has 0 amide bonds. The van der Waals surface area contributed by atoms with Crippen molar-refractivity contribution in [2.75, 3.05) is 11.9 Å². The summed E-state index contributed by atoms with van der Waals surface area (Å²) in [7, 11) is 0. The lowest BCUT2D eigenvalue weighted by Gasteiger charge is -2.11. The number of para-hydroxylation sites is 1. The number of fused-ring (bicyclic) bond motifs is 1. The van der Waals surface area contributed by atoms with Crippen LogP contribution in [0.25, 0.3) is 10.9 Å². The Morgan fingerprint density at radius 2 is 1.79 bits per heavy atom. The van der Waals surface area contributed by atoms with E-state index in [1.54, 1.807) is 6.92 Å². The lowest BCUT2D eigenvalue weighted by molar-refractivity contribution is 0.0512. The molecule has 0 aliphatic carbocycles. The lowest BCUT2D eigenvalue weighted by Crippen LogP contribution is -2.11. The normalized spacial score (nSPS) is 10.6. The first kappa shape index (κ1) is 15.9. The summed E-state index contributed by atoms with van der Waals surface area (Å²) in [5, 5.41) is 4.13. The number of anilines is 2. The minimum atomic E-state index is -0.521. The number of hydrogen-bond acceptors (Lipinski definition) is 5. The molecule has 0 radical (unpaired) electrons. The maximum Gasteiger partial charge on any atom is 0.376 e. The highest BCUT2D eigenvalue weighted by molar-refractivity contribution is 5.95. The second-order valence-electron chi connectivity index (χ2n) is 5.31. The monoisotopic (exact) mass is 321 g/mol. The number of hydrogen-bond donors (Lipinski definition) is 1. The first-order chi connectivity index (χ1) is 11.7. The van der Waals surface area contributed by atoms with Crippen LogP contribution in [0.3, 0.4) is 0 Å². The topological polar surface area (TPSA) is 64.1 Å². The Bertz CT molecular complexity index is 860. The van der Waals surface area contributed by atoms with E-state index in [4.69, 9.17) is 4.74 Å². The van der Waals surface area contributed by atoms with Crippen LogP contribution in [0.15, 0.2) is 48.5 Å². The Kier molecular flexibility index (Phi) is 4.70. The number of carbonyl (C=O) groups is 1. The number of nitrogens with one attached hydrogen (secondary N) is 1. The smallest absolute Gasteiger partial charge is 0.376 e. The summed E-state index contributed by atoms with van der Waals surface area (Å²) in [6.07, 6.45) is 0.990. The van der Waals surface area contributed by atoms with Crippen molar-refractivity contribution in [3.63, 3.8) is 0 Å². The predicted molar refractivity (Wildman–Crippen MR) is 94.6 cm³/mol. The standard InChI is InChI=1S/C19H19N3O2/c1-3-13-9-11-14(12-10-13)20-17-15-7-5-6-8-16(15)21-18(22-17)19(23)24-4-2/h5-12H,3-4H2,1-2H3,(H,20,21,22). The van der Waals surface area contributed by atoms with Gasteiger partial charge >= 0.3 is 5.97 Å². The van der Waals surface area contributed by atoms with Crippen LogP contribution < -0.4 is 5.32 Å². The van der Waals surface area contributed by atoms with E-state index in [0.717, 1.165) is 17.5 Å². The highest BCUT2D eigenvalue weighted by atomic mass is 16.5. The average molecular weight is 321 g/mol. The molecule has 0 saturated heterocycles. The van der Waals surface area contributed by atoms with Gasteiger partial charge in [0.25, 0.3) is 0 Å². The Balaban J connectivity index is 2.02. The molecule has 2 aromatic carbocycles. The molecule has 1 heterocycles. The number of nitrogens with zero attached hydrogens (tertiary/aromatic N) is 2. The molecule has 0 bridgehead atoms. The largest absolute Gasteiger partial charge is 0.460 e. The number of esters is 1. The van der Waals surface area contributed by atoms with Crippen molar-refractivity contribution < 1.29 is 9.53 Å². The molecule has 3 aromatic rings. The van der Waals surface area contributed by atoms with Gasteiger partial charge in [0.1, 0.15) is 5.82 Å². The zero-order chi connectivity index (χ0) is 16.9. The van der Waals surface area contributed by atoms with Gasteiger partial charge < -0.3 is 10.1 Å². The van der Waals surface area contributed by atoms with E-state index in [2.05, 4.69) is 34.3 Å². The van der Waals surface area contributed by atoms with Crippen molar-refractivity contribution in [3.8, 4) is 0 Å². The van der Waals surface area contributed by atoms with Crippen molar-refractivity contribution in [1.82, 2.24) is 9.97 Å². The van der Waals surface area contributed by atoms with Gasteiger partial charge in [-0.3, -0.25) is 0 Å². The van der Waals surface area contributed by atoms with E-state index >= 15 is 0 Å². The van der Waals surface area contributed by atoms with E-state index < -0.39 is 5.97 Å². The fraction of sp³-hybridized carbons (Fsp3) is 0.211. The molecule has 0 aliphatic heterocycles. The number of rotatable bonds is 5. The molecule has 0 spiro atoms. The Morgan fingerprint density at radius 1 is 1.04 bits per heavy atom. The first-order valence-electron chi connectivity index (χ1n) is 8.01. The third-order valence-electron chi connectivity index (χ3n) is 3.69. The molecule has 3 rings (SSSR count).